The van der Waals surface area contributed by atoms with Crippen molar-refractivity contribution in [2.75, 3.05) is 4.90 Å². The van der Waals surface area contributed by atoms with Gasteiger partial charge in [-0.2, -0.15) is 0 Å². The second-order valence-corrected chi connectivity index (χ2v) is 15.6. The number of thiophene rings is 1. The minimum Gasteiger partial charge on any atom is -0.310 e. The van der Waals surface area contributed by atoms with Crippen LogP contribution in [0, 0.1) is 0 Å². The van der Waals surface area contributed by atoms with Crippen molar-refractivity contribution in [2.24, 2.45) is 0 Å². The number of hydrogen-bond acceptors (Lipinski definition) is 2. The normalized spacial score (nSPS) is 12.9. The Kier molecular flexibility index (Phi) is 7.42. The largest absolute Gasteiger partial charge is 0.310 e. The summed E-state index contributed by atoms with van der Waals surface area (Å²) in [5.74, 6) is 0. The molecule has 0 amide bonds. The molecule has 9 aromatic rings. The van der Waals surface area contributed by atoms with Gasteiger partial charge in [0.2, 0.25) is 0 Å². The number of nitrogens with zero attached hydrogens (tertiary/aromatic N) is 1. The molecule has 0 saturated carbocycles. The lowest BCUT2D eigenvalue weighted by molar-refractivity contribution is 0.660. The van der Waals surface area contributed by atoms with E-state index in [4.69, 9.17) is 0 Å². The summed E-state index contributed by atoms with van der Waals surface area (Å²) < 4.78 is 2.64. The fourth-order valence-corrected chi connectivity index (χ4v) is 9.56. The first-order valence-corrected chi connectivity index (χ1v) is 19.2. The van der Waals surface area contributed by atoms with Crippen LogP contribution in [0.4, 0.5) is 17.1 Å². The molecule has 1 aliphatic carbocycles. The zero-order valence-electron chi connectivity index (χ0n) is 29.8. The van der Waals surface area contributed by atoms with Crippen LogP contribution >= 0.6 is 11.3 Å². The highest BCUT2D eigenvalue weighted by Crippen LogP contribution is 2.51. The van der Waals surface area contributed by atoms with E-state index in [9.17, 15) is 0 Å². The summed E-state index contributed by atoms with van der Waals surface area (Å²) in [4.78, 5) is 2.41. The molecule has 0 bridgehead atoms. The van der Waals surface area contributed by atoms with E-state index < -0.39 is 0 Å². The summed E-state index contributed by atoms with van der Waals surface area (Å²) in [6, 6.07) is 69.0. The molecule has 0 radical (unpaired) electrons. The molecule has 53 heavy (non-hydrogen) atoms. The van der Waals surface area contributed by atoms with Crippen molar-refractivity contribution in [3.63, 3.8) is 0 Å². The summed E-state index contributed by atoms with van der Waals surface area (Å²) in [5, 5.41) is 2.63. The van der Waals surface area contributed by atoms with Crippen molar-refractivity contribution in [2.45, 2.75) is 19.3 Å². The van der Waals surface area contributed by atoms with Crippen LogP contribution in [0.5, 0.6) is 0 Å². The molecule has 0 unspecified atom stereocenters. The Balaban J connectivity index is 1.11. The molecule has 8 aromatic carbocycles. The predicted octanol–water partition coefficient (Wildman–Crippen LogP) is 14.8. The van der Waals surface area contributed by atoms with Crippen LogP contribution in [0.3, 0.4) is 0 Å². The average molecular weight is 696 g/mol. The summed E-state index contributed by atoms with van der Waals surface area (Å²) in [6.45, 7) is 4.71. The number of fused-ring (bicyclic) bond motifs is 6. The molecule has 0 saturated heterocycles. The molecule has 252 valence electrons. The molecular weight excluding hydrogens is 659 g/mol. The van der Waals surface area contributed by atoms with Gasteiger partial charge in [-0.1, -0.05) is 147 Å². The summed E-state index contributed by atoms with van der Waals surface area (Å²) in [7, 11) is 0. The Hall–Kier alpha value is -6.22. The molecule has 1 nitrogen and oxygen atoms in total. The van der Waals surface area contributed by atoms with Gasteiger partial charge in [-0.25, -0.2) is 0 Å². The summed E-state index contributed by atoms with van der Waals surface area (Å²) in [5.41, 5.74) is 16.1. The van der Waals surface area contributed by atoms with Crippen LogP contribution < -0.4 is 4.90 Å². The van der Waals surface area contributed by atoms with E-state index in [1.807, 2.05) is 11.3 Å². The van der Waals surface area contributed by atoms with Crippen molar-refractivity contribution < 1.29 is 0 Å². The van der Waals surface area contributed by atoms with Crippen molar-refractivity contribution in [1.29, 1.82) is 0 Å². The van der Waals surface area contributed by atoms with Crippen molar-refractivity contribution >= 4 is 48.6 Å². The third kappa shape index (κ3) is 5.29. The van der Waals surface area contributed by atoms with Gasteiger partial charge in [0.05, 0.1) is 0 Å². The van der Waals surface area contributed by atoms with Crippen LogP contribution in [0.25, 0.3) is 64.7 Å². The van der Waals surface area contributed by atoms with E-state index in [2.05, 4.69) is 207 Å². The van der Waals surface area contributed by atoms with Crippen LogP contribution in [0.2, 0.25) is 0 Å². The molecule has 0 spiro atoms. The maximum atomic E-state index is 2.42. The molecule has 0 atom stereocenters. The quantitative estimate of drug-likeness (QED) is 0.167. The van der Waals surface area contributed by atoms with Gasteiger partial charge in [0.15, 0.2) is 0 Å². The van der Waals surface area contributed by atoms with Crippen molar-refractivity contribution in [1.82, 2.24) is 0 Å². The fraction of sp³-hybridized carbons (Fsp3) is 0.0588. The maximum Gasteiger partial charge on any atom is 0.0465 e. The molecular formula is C51H37NS. The SMILES string of the molecule is CC1(C)c2ccccc2-c2ccc(N(c3ccc(-c4ccccc4)cc3)c3ccc(-c4cc(-c5ccccc5)cc5c4sc4ccccc45)cc3)cc21. The predicted molar refractivity (Wildman–Crippen MR) is 228 cm³/mol. The fourth-order valence-electron chi connectivity index (χ4n) is 8.34. The molecule has 0 fully saturated rings. The van der Waals surface area contributed by atoms with Crippen molar-refractivity contribution in [3.8, 4) is 44.5 Å². The Morgan fingerprint density at radius 1 is 0.377 bits per heavy atom. The second kappa shape index (κ2) is 12.5. The first-order chi connectivity index (χ1) is 26.0. The smallest absolute Gasteiger partial charge is 0.0465 e. The van der Waals surface area contributed by atoms with Crippen LogP contribution in [0.1, 0.15) is 25.0 Å². The van der Waals surface area contributed by atoms with Gasteiger partial charge < -0.3 is 4.90 Å². The number of rotatable bonds is 6. The summed E-state index contributed by atoms with van der Waals surface area (Å²) in [6.07, 6.45) is 0. The lowest BCUT2D eigenvalue weighted by atomic mass is 9.82. The second-order valence-electron chi connectivity index (χ2n) is 14.6. The Bertz CT molecular complexity index is 2780. The van der Waals surface area contributed by atoms with Gasteiger partial charge in [0, 0.05) is 48.2 Å². The first-order valence-electron chi connectivity index (χ1n) is 18.3. The monoisotopic (exact) mass is 695 g/mol. The lowest BCUT2D eigenvalue weighted by Gasteiger charge is -2.28. The highest BCUT2D eigenvalue weighted by atomic mass is 32.1. The lowest BCUT2D eigenvalue weighted by Crippen LogP contribution is -2.16. The van der Waals surface area contributed by atoms with E-state index in [1.165, 1.54) is 75.8 Å². The molecule has 10 rings (SSSR count). The topological polar surface area (TPSA) is 3.24 Å². The first kappa shape index (κ1) is 31.5. The third-order valence-electron chi connectivity index (χ3n) is 11.1. The molecule has 1 aromatic heterocycles. The number of hydrogen-bond donors (Lipinski definition) is 0. The molecule has 1 heterocycles. The molecule has 0 aliphatic heterocycles. The van der Waals surface area contributed by atoms with Gasteiger partial charge in [0.25, 0.3) is 0 Å². The standard InChI is InChI=1S/C51H37NS/c1-51(2)47-19-11-9-17-42(47)43-30-29-41(33-48(43)51)52(39-25-21-36(22-26-39)34-13-5-3-6-14-34)40-27-23-37(24-28-40)45-31-38(35-15-7-4-8-16-35)32-46-44-18-10-12-20-49(44)53-50(45)46/h3-33H,1-2H3. The average Bonchev–Trinajstić information content (AvgIpc) is 3.71. The number of anilines is 3. The zero-order chi connectivity index (χ0) is 35.5. The van der Waals surface area contributed by atoms with E-state index in [0.717, 1.165) is 17.1 Å². The van der Waals surface area contributed by atoms with Gasteiger partial charge in [-0.05, 0) is 105 Å². The Labute approximate surface area is 315 Å². The van der Waals surface area contributed by atoms with E-state index in [0.29, 0.717) is 0 Å². The van der Waals surface area contributed by atoms with Crippen molar-refractivity contribution in [3.05, 3.63) is 199 Å². The Morgan fingerprint density at radius 3 is 1.64 bits per heavy atom. The molecule has 0 N–H and O–H groups in total. The van der Waals surface area contributed by atoms with Crippen LogP contribution in [0.15, 0.2) is 188 Å². The van der Waals surface area contributed by atoms with Gasteiger partial charge in [-0.3, -0.25) is 0 Å². The van der Waals surface area contributed by atoms with E-state index >= 15 is 0 Å². The van der Waals surface area contributed by atoms with Gasteiger partial charge in [-0.15, -0.1) is 11.3 Å². The third-order valence-corrected chi connectivity index (χ3v) is 12.3. The van der Waals surface area contributed by atoms with Crippen LogP contribution in [-0.4, -0.2) is 0 Å². The molecule has 2 heteroatoms. The minimum absolute atomic E-state index is 0.0893. The Morgan fingerprint density at radius 2 is 0.925 bits per heavy atom. The molecule has 1 aliphatic rings. The zero-order valence-corrected chi connectivity index (χ0v) is 30.6. The number of benzene rings is 8. The van der Waals surface area contributed by atoms with Gasteiger partial charge in [0.1, 0.15) is 0 Å². The van der Waals surface area contributed by atoms with E-state index in [-0.39, 0.29) is 5.41 Å². The van der Waals surface area contributed by atoms with Gasteiger partial charge >= 0.3 is 0 Å². The summed E-state index contributed by atoms with van der Waals surface area (Å²) >= 11 is 1.89. The minimum atomic E-state index is -0.0893. The van der Waals surface area contributed by atoms with E-state index in [1.54, 1.807) is 0 Å². The maximum absolute atomic E-state index is 2.42. The highest BCUT2D eigenvalue weighted by Gasteiger charge is 2.35. The van der Waals surface area contributed by atoms with Crippen LogP contribution in [-0.2, 0) is 5.41 Å². The highest BCUT2D eigenvalue weighted by molar-refractivity contribution is 7.26.